The van der Waals surface area contributed by atoms with Gasteiger partial charge in [0.1, 0.15) is 11.6 Å². The van der Waals surface area contributed by atoms with E-state index in [1.807, 2.05) is 40.7 Å². The van der Waals surface area contributed by atoms with E-state index < -0.39 is 0 Å². The lowest BCUT2D eigenvalue weighted by atomic mass is 9.94. The number of benzene rings is 2. The van der Waals surface area contributed by atoms with Crippen molar-refractivity contribution in [3.8, 4) is 11.1 Å². The number of primary amides is 1. The minimum absolute atomic E-state index is 0.250. The van der Waals surface area contributed by atoms with Crippen molar-refractivity contribution in [3.05, 3.63) is 58.7 Å². The predicted molar refractivity (Wildman–Crippen MR) is 151 cm³/mol. The Kier molecular flexibility index (Phi) is 17.9. The van der Waals surface area contributed by atoms with Gasteiger partial charge in [-0.2, -0.15) is 0 Å². The molecular weight excluding hydrogens is 470 g/mol. The van der Waals surface area contributed by atoms with Crippen molar-refractivity contribution < 1.29 is 18.4 Å². The Hall–Kier alpha value is -2.76. The Balaban J connectivity index is 0.000000611. The third-order valence-corrected chi connectivity index (χ3v) is 6.22. The third-order valence-electron chi connectivity index (χ3n) is 6.22. The van der Waals surface area contributed by atoms with Gasteiger partial charge in [-0.15, -0.1) is 0 Å². The van der Waals surface area contributed by atoms with E-state index in [0.29, 0.717) is 11.8 Å². The zero-order chi connectivity index (χ0) is 28.4. The van der Waals surface area contributed by atoms with Crippen molar-refractivity contribution in [1.82, 2.24) is 4.90 Å². The van der Waals surface area contributed by atoms with Gasteiger partial charge in [-0.3, -0.25) is 9.59 Å². The number of nitrogens with zero attached hydrogens (tertiary/aromatic N) is 1. The van der Waals surface area contributed by atoms with Gasteiger partial charge >= 0.3 is 0 Å². The summed E-state index contributed by atoms with van der Waals surface area (Å²) in [7, 11) is 0. The predicted octanol–water partition coefficient (Wildman–Crippen LogP) is 7.76. The Morgan fingerprint density at radius 2 is 1.46 bits per heavy atom. The summed E-state index contributed by atoms with van der Waals surface area (Å²) in [6, 6.07) is 7.82. The molecule has 3 rings (SSSR count). The molecule has 0 unspecified atom stereocenters. The first-order chi connectivity index (χ1) is 17.7. The Bertz CT molecular complexity index is 915. The number of halogens is 2. The summed E-state index contributed by atoms with van der Waals surface area (Å²) in [5.41, 5.74) is 8.50. The lowest BCUT2D eigenvalue weighted by molar-refractivity contribution is -0.135. The van der Waals surface area contributed by atoms with E-state index in [1.54, 1.807) is 6.07 Å². The highest BCUT2D eigenvalue weighted by Gasteiger charge is 2.26. The van der Waals surface area contributed by atoms with Crippen LogP contribution in [0.3, 0.4) is 0 Å². The number of carbonyl (C=O) groups is 2. The first-order valence-electron chi connectivity index (χ1n) is 13.7. The minimum atomic E-state index is -0.285. The number of aryl methyl sites for hydroxylation is 2. The van der Waals surface area contributed by atoms with Gasteiger partial charge in [-0.25, -0.2) is 8.78 Å². The lowest BCUT2D eigenvalue weighted by Crippen LogP contribution is -2.36. The van der Waals surface area contributed by atoms with E-state index >= 15 is 0 Å². The van der Waals surface area contributed by atoms with Crippen LogP contribution in [0.2, 0.25) is 0 Å². The van der Waals surface area contributed by atoms with Crippen molar-refractivity contribution in [1.29, 1.82) is 0 Å². The van der Waals surface area contributed by atoms with Crippen LogP contribution in [0, 0.1) is 31.4 Å². The summed E-state index contributed by atoms with van der Waals surface area (Å²) in [5.74, 6) is 0.223. The summed E-state index contributed by atoms with van der Waals surface area (Å²) < 4.78 is 27.0. The molecule has 0 saturated heterocycles. The van der Waals surface area contributed by atoms with Crippen molar-refractivity contribution in [2.45, 2.75) is 93.4 Å². The van der Waals surface area contributed by atoms with Crippen LogP contribution in [-0.2, 0) is 16.0 Å². The van der Waals surface area contributed by atoms with E-state index in [-0.39, 0.29) is 18.0 Å². The summed E-state index contributed by atoms with van der Waals surface area (Å²) in [6.45, 7) is 16.0. The van der Waals surface area contributed by atoms with E-state index in [0.717, 1.165) is 73.0 Å². The second-order valence-corrected chi connectivity index (χ2v) is 9.05. The molecule has 6 heteroatoms. The van der Waals surface area contributed by atoms with Crippen molar-refractivity contribution >= 4 is 12.3 Å². The molecule has 0 aliphatic heterocycles. The molecule has 0 aromatic heterocycles. The molecule has 4 nitrogen and oxygen atoms in total. The maximum atomic E-state index is 13.6. The average molecular weight is 519 g/mol. The summed E-state index contributed by atoms with van der Waals surface area (Å²) in [5, 5.41) is 0. The van der Waals surface area contributed by atoms with Gasteiger partial charge in [0, 0.05) is 19.0 Å². The molecule has 1 fully saturated rings. The molecular formula is C31H48F2N2O2. The monoisotopic (exact) mass is 518 g/mol. The van der Waals surface area contributed by atoms with Crippen LogP contribution >= 0.6 is 0 Å². The second-order valence-electron chi connectivity index (χ2n) is 9.05. The molecule has 37 heavy (non-hydrogen) atoms. The van der Waals surface area contributed by atoms with Crippen LogP contribution < -0.4 is 5.73 Å². The van der Waals surface area contributed by atoms with Gasteiger partial charge in [0.25, 0.3) is 0 Å². The highest BCUT2D eigenvalue weighted by molar-refractivity contribution is 5.79. The Labute approximate surface area is 223 Å². The number of hydrogen-bond donors (Lipinski definition) is 1. The van der Waals surface area contributed by atoms with E-state index in [4.69, 9.17) is 4.79 Å². The molecule has 208 valence electrons. The van der Waals surface area contributed by atoms with Crippen molar-refractivity contribution in [2.24, 2.45) is 11.7 Å². The molecule has 2 amide bonds. The van der Waals surface area contributed by atoms with Crippen molar-refractivity contribution in [3.63, 3.8) is 0 Å². The first kappa shape index (κ1) is 34.2. The van der Waals surface area contributed by atoms with E-state index in [1.165, 1.54) is 31.0 Å². The lowest BCUT2D eigenvalue weighted by Gasteiger charge is -2.24. The molecule has 2 aromatic rings. The van der Waals surface area contributed by atoms with Crippen LogP contribution in [0.1, 0.15) is 89.8 Å². The zero-order valence-electron chi connectivity index (χ0n) is 24.0. The first-order valence-corrected chi connectivity index (χ1v) is 13.7. The average Bonchev–Trinajstić information content (AvgIpc) is 3.41. The second kappa shape index (κ2) is 19.4. The highest BCUT2D eigenvalue weighted by atomic mass is 19.1. The summed E-state index contributed by atoms with van der Waals surface area (Å²) >= 11 is 0. The molecule has 1 aliphatic carbocycles. The molecule has 0 spiro atoms. The fourth-order valence-corrected chi connectivity index (χ4v) is 4.60. The molecule has 2 N–H and O–H groups in total. The smallest absolute Gasteiger partial charge is 0.225 e. The topological polar surface area (TPSA) is 63.4 Å². The van der Waals surface area contributed by atoms with Gasteiger partial charge in [0.2, 0.25) is 12.3 Å². The van der Waals surface area contributed by atoms with Gasteiger partial charge in [-0.05, 0) is 98.0 Å². The summed E-state index contributed by atoms with van der Waals surface area (Å²) in [4.78, 5) is 22.7. The molecule has 1 saturated carbocycles. The van der Waals surface area contributed by atoms with Gasteiger partial charge in [0.15, 0.2) is 0 Å². The minimum Gasteiger partial charge on any atom is -0.372 e. The molecule has 0 atom stereocenters. The van der Waals surface area contributed by atoms with Crippen LogP contribution in [0.5, 0.6) is 0 Å². The maximum Gasteiger partial charge on any atom is 0.225 e. The highest BCUT2D eigenvalue weighted by Crippen LogP contribution is 2.29. The Morgan fingerprint density at radius 3 is 1.92 bits per heavy atom. The quantitative estimate of drug-likeness (QED) is 0.381. The van der Waals surface area contributed by atoms with E-state index in [2.05, 4.69) is 24.5 Å². The summed E-state index contributed by atoms with van der Waals surface area (Å²) in [6.07, 6.45) is 7.94. The fraction of sp³-hybridized carbons (Fsp3) is 0.548. The maximum absolute atomic E-state index is 13.6. The normalized spacial score (nSPS) is 12.2. The third kappa shape index (κ3) is 11.9. The zero-order valence-corrected chi connectivity index (χ0v) is 24.0. The van der Waals surface area contributed by atoms with Gasteiger partial charge in [-0.1, -0.05) is 53.5 Å². The number of carbonyl (C=O) groups excluding carboxylic acids is 2. The van der Waals surface area contributed by atoms with Gasteiger partial charge in [0.05, 0.1) is 0 Å². The van der Waals surface area contributed by atoms with Crippen LogP contribution in [-0.4, -0.2) is 30.3 Å². The largest absolute Gasteiger partial charge is 0.372 e. The molecule has 1 aliphatic rings. The van der Waals surface area contributed by atoms with Crippen LogP contribution in [0.25, 0.3) is 11.1 Å². The molecule has 0 bridgehead atoms. The molecule has 0 radical (unpaired) electrons. The van der Waals surface area contributed by atoms with E-state index in [9.17, 15) is 13.6 Å². The number of nitrogens with two attached hydrogens (primary N) is 1. The Morgan fingerprint density at radius 1 is 0.946 bits per heavy atom. The standard InChI is InChI=1S/C16H16F2.C12H23NO.C2H6.CH3NO/c1-4-12-7-15(18)9-16(11(12)3)13-5-10(2)6-14(17)8-13;1-3-9-13(10-4-2)12(14)11-7-5-6-8-11;1-2;2-1-3/h5-9H,4H2,1-3H3;11H,3-10H2,1-2H3;1-2H3;1H,(H2,2,3). The SMILES string of the molecule is CC.CCCN(CCC)C(=O)C1CCCC1.CCc1cc(F)cc(-c2cc(C)cc(F)c2)c1C.NC=O. The number of rotatable bonds is 7. The molecule has 0 heterocycles. The fourth-order valence-electron chi connectivity index (χ4n) is 4.60. The van der Waals surface area contributed by atoms with Gasteiger partial charge < -0.3 is 10.6 Å². The van der Waals surface area contributed by atoms with Crippen LogP contribution in [0.4, 0.5) is 8.78 Å². The van der Waals surface area contributed by atoms with Crippen molar-refractivity contribution in [2.75, 3.05) is 13.1 Å². The molecule has 2 aromatic carbocycles. The number of amides is 2. The van der Waals surface area contributed by atoms with Crippen LogP contribution in [0.15, 0.2) is 30.3 Å². The number of hydrogen-bond acceptors (Lipinski definition) is 2.